The van der Waals surface area contributed by atoms with Crippen molar-refractivity contribution in [3.8, 4) is 0 Å². The second-order valence-electron chi connectivity index (χ2n) is 2.91. The van der Waals surface area contributed by atoms with Gasteiger partial charge in [0, 0.05) is 9.87 Å². The van der Waals surface area contributed by atoms with Gasteiger partial charge in [0.05, 0.1) is 4.67 Å². The summed E-state index contributed by atoms with van der Waals surface area (Å²) >= 11 is 0. The summed E-state index contributed by atoms with van der Waals surface area (Å²) in [6, 6.07) is 4.75. The molecule has 0 saturated heterocycles. The fourth-order valence-electron chi connectivity index (χ4n) is 1.03. The molecular weight excluding hydrogens is 341 g/mol. The van der Waals surface area contributed by atoms with Crippen LogP contribution in [0.1, 0.15) is 0 Å². The second kappa shape index (κ2) is 5.53. The van der Waals surface area contributed by atoms with Crippen LogP contribution < -0.4 is 5.30 Å². The predicted molar refractivity (Wildman–Crippen MR) is 59.0 cm³/mol. The standard InChI is InChI=1S/C6H5F5O5P2S/c7-14-18(16-15-17(12)13,19(8,9,10)11)6-4-2-1-3-5-6/h1-5H/p+1. The molecule has 0 radical (unpaired) electrons. The lowest BCUT2D eigenvalue weighted by atomic mass is 10.4. The van der Waals surface area contributed by atoms with E-state index in [0.29, 0.717) is 12.1 Å². The van der Waals surface area contributed by atoms with Gasteiger partial charge < -0.3 is 0 Å². The average Bonchev–Trinajstić information content (AvgIpc) is 2.28. The van der Waals surface area contributed by atoms with Crippen molar-refractivity contribution < 1.29 is 43.6 Å². The first-order valence-electron chi connectivity index (χ1n) is 4.19. The molecule has 13 heteroatoms. The van der Waals surface area contributed by atoms with Crippen molar-refractivity contribution in [2.45, 2.75) is 0 Å². The van der Waals surface area contributed by atoms with Crippen molar-refractivity contribution in [3.63, 3.8) is 0 Å². The molecule has 1 aromatic rings. The van der Waals surface area contributed by atoms with Gasteiger partial charge in [-0.1, -0.05) is 18.2 Å². The molecule has 0 saturated carbocycles. The van der Waals surface area contributed by atoms with Crippen molar-refractivity contribution >= 4 is 29.9 Å². The molecule has 2 unspecified atom stereocenters. The molecule has 19 heavy (non-hydrogen) atoms. The number of benzene rings is 1. The monoisotopic (exact) mass is 347 g/mol. The molecule has 0 aromatic heterocycles. The van der Waals surface area contributed by atoms with Gasteiger partial charge in [0.1, 0.15) is 0 Å². The zero-order chi connectivity index (χ0) is 14.8. The summed E-state index contributed by atoms with van der Waals surface area (Å²) in [6.45, 7) is -5.97. The van der Waals surface area contributed by atoms with Crippen LogP contribution in [0.4, 0.5) is 20.1 Å². The van der Waals surface area contributed by atoms with E-state index in [-0.39, 0.29) is 0 Å². The van der Waals surface area contributed by atoms with E-state index in [1.54, 1.807) is 0 Å². The van der Waals surface area contributed by atoms with Gasteiger partial charge in [-0.3, -0.25) is 0 Å². The zero-order valence-electron chi connectivity index (χ0n) is 8.66. The quantitative estimate of drug-likeness (QED) is 0.380. The van der Waals surface area contributed by atoms with Gasteiger partial charge in [-0.2, -0.15) is 0 Å². The maximum Gasteiger partial charge on any atom is 0.726 e. The lowest BCUT2D eigenvalue weighted by molar-refractivity contribution is -0.127. The Morgan fingerprint density at radius 3 is 2.05 bits per heavy atom. The largest absolute Gasteiger partial charge is 0.726 e. The summed E-state index contributed by atoms with van der Waals surface area (Å²) in [7, 11) is -12.2. The molecule has 0 amide bonds. The minimum atomic E-state index is -8.53. The van der Waals surface area contributed by atoms with Crippen LogP contribution in [0.2, 0.25) is 0 Å². The van der Waals surface area contributed by atoms with E-state index < -0.39 is 29.9 Å². The smallest absolute Gasteiger partial charge is 0.132 e. The molecule has 1 N–H and O–H groups in total. The van der Waals surface area contributed by atoms with Crippen molar-refractivity contribution in [3.05, 3.63) is 30.3 Å². The van der Waals surface area contributed by atoms with Crippen LogP contribution >= 0.6 is 14.7 Å². The summed E-state index contributed by atoms with van der Waals surface area (Å²) in [5.41, 5.74) is 0. The van der Waals surface area contributed by atoms with Crippen molar-refractivity contribution in [1.82, 2.24) is 0 Å². The summed E-state index contributed by atoms with van der Waals surface area (Å²) in [5, 5.41) is -1.02. The molecule has 5 nitrogen and oxygen atoms in total. The molecule has 2 atom stereocenters. The minimum absolute atomic E-state index is 0.690. The third-order valence-electron chi connectivity index (χ3n) is 1.72. The average molecular weight is 347 g/mol. The Bertz CT molecular complexity index is 551. The maximum absolute atomic E-state index is 12.9. The van der Waals surface area contributed by atoms with E-state index in [0.717, 1.165) is 12.1 Å². The van der Waals surface area contributed by atoms with Crippen LogP contribution in [0.15, 0.2) is 30.3 Å². The van der Waals surface area contributed by atoms with Crippen LogP contribution in [0.3, 0.4) is 0 Å². The number of rotatable bonds is 5. The fourth-order valence-corrected chi connectivity index (χ4v) is 4.92. The zero-order valence-corrected chi connectivity index (χ0v) is 11.3. The third-order valence-corrected chi connectivity index (χ3v) is 7.32. The third kappa shape index (κ3) is 3.57. The van der Waals surface area contributed by atoms with E-state index in [1.165, 1.54) is 6.07 Å². The topological polar surface area (TPSA) is 65.0 Å². The van der Waals surface area contributed by atoms with Gasteiger partial charge in [-0.05, 0) is 16.7 Å². The van der Waals surface area contributed by atoms with Crippen LogP contribution in [-0.2, 0) is 28.5 Å². The summed E-state index contributed by atoms with van der Waals surface area (Å²) in [4.78, 5) is 8.23. The number of hydrogen-bond donors (Lipinski definition) is 1. The molecule has 0 aliphatic heterocycles. The molecule has 0 heterocycles. The van der Waals surface area contributed by atoms with Crippen molar-refractivity contribution in [2.75, 3.05) is 0 Å². The van der Waals surface area contributed by atoms with Crippen LogP contribution in [0.25, 0.3) is 0 Å². The molecule has 1 aromatic carbocycles. The normalized spacial score (nSPS) is 18.2. The molecule has 110 valence electrons. The van der Waals surface area contributed by atoms with E-state index in [1.807, 2.05) is 0 Å². The van der Waals surface area contributed by atoms with Gasteiger partial charge in [0.2, 0.25) is 0 Å². The van der Waals surface area contributed by atoms with Gasteiger partial charge in [0.25, 0.3) is 0 Å². The van der Waals surface area contributed by atoms with Crippen molar-refractivity contribution in [2.24, 2.45) is 0 Å². The Hall–Kier alpha value is -0.410. The van der Waals surface area contributed by atoms with E-state index >= 15 is 0 Å². The molecule has 1 rings (SSSR count). The first-order valence-corrected chi connectivity index (χ1v) is 9.19. The lowest BCUT2D eigenvalue weighted by Crippen LogP contribution is -2.18. The van der Waals surface area contributed by atoms with Gasteiger partial charge in [0.15, 0.2) is 0 Å². The van der Waals surface area contributed by atoms with Crippen LogP contribution in [0.5, 0.6) is 0 Å². The molecule has 0 fully saturated rings. The highest BCUT2D eigenvalue weighted by atomic mass is 32.7. The summed E-state index contributed by atoms with van der Waals surface area (Å²) in [5.74, 6) is 0. The highest BCUT2D eigenvalue weighted by Crippen LogP contribution is 2.68. The first kappa shape index (κ1) is 16.6. The minimum Gasteiger partial charge on any atom is -0.132 e. The van der Waals surface area contributed by atoms with Gasteiger partial charge in [-0.15, -0.1) is 29.8 Å². The molecule has 0 bridgehead atoms. The van der Waals surface area contributed by atoms with Crippen molar-refractivity contribution in [1.29, 1.82) is 0 Å². The lowest BCUT2D eigenvalue weighted by Gasteiger charge is -2.24. The Kier molecular flexibility index (Phi) is 4.84. The van der Waals surface area contributed by atoms with E-state index in [9.17, 15) is 24.6 Å². The Labute approximate surface area is 104 Å². The summed E-state index contributed by atoms with van der Waals surface area (Å²) < 4.78 is 84.0. The Morgan fingerprint density at radius 1 is 1.16 bits per heavy atom. The molecule has 0 aliphatic rings. The molecule has 0 spiro atoms. The maximum atomic E-state index is 12.9. The van der Waals surface area contributed by atoms with E-state index in [4.69, 9.17) is 4.89 Å². The summed E-state index contributed by atoms with van der Waals surface area (Å²) in [6.07, 6.45) is 0. The SMILES string of the molecule is O=[P+](O)OOP(OF)(c1ccccc1)=S(F)(F)(F)F. The second-order valence-corrected chi connectivity index (χ2v) is 9.69. The predicted octanol–water partition coefficient (Wildman–Crippen LogP) is 3.80. The Balaban J connectivity index is 3.60. The van der Waals surface area contributed by atoms with E-state index in [2.05, 4.69) is 14.1 Å². The highest BCUT2D eigenvalue weighted by molar-refractivity contribution is 8.42. The molecular formula is C6H6F5O5P2S+. The van der Waals surface area contributed by atoms with Crippen LogP contribution in [0, 0.1) is 0 Å². The Morgan fingerprint density at radius 2 is 1.68 bits per heavy atom. The van der Waals surface area contributed by atoms with Gasteiger partial charge >= 0.3 is 24.6 Å². The van der Waals surface area contributed by atoms with Gasteiger partial charge in [-0.25, -0.2) is 0 Å². The van der Waals surface area contributed by atoms with Crippen LogP contribution in [-0.4, -0.2) is 4.89 Å². The number of hydrogen-bond acceptors (Lipinski definition) is 4. The first-order chi connectivity index (χ1) is 8.59. The molecule has 0 aliphatic carbocycles. The highest BCUT2D eigenvalue weighted by Gasteiger charge is 2.54. The number of halogens is 5. The fraction of sp³-hybridized carbons (Fsp3) is 0.